The van der Waals surface area contributed by atoms with Crippen LogP contribution in [0.3, 0.4) is 0 Å². The van der Waals surface area contributed by atoms with Gasteiger partial charge in [0.05, 0.1) is 13.2 Å². The van der Waals surface area contributed by atoms with E-state index in [1.165, 1.54) is 5.56 Å². The number of nitrogens with one attached hydrogen (secondary N) is 2. The zero-order valence-electron chi connectivity index (χ0n) is 12.8. The van der Waals surface area contributed by atoms with Crippen LogP contribution in [0.2, 0.25) is 0 Å². The van der Waals surface area contributed by atoms with Crippen LogP contribution in [0.15, 0.2) is 29.3 Å². The summed E-state index contributed by atoms with van der Waals surface area (Å²) in [6, 6.07) is 8.23. The molecule has 5 heteroatoms. The van der Waals surface area contributed by atoms with E-state index in [4.69, 9.17) is 9.47 Å². The van der Waals surface area contributed by atoms with E-state index in [1.54, 1.807) is 14.2 Å². The van der Waals surface area contributed by atoms with Gasteiger partial charge in [0.2, 0.25) is 0 Å². The van der Waals surface area contributed by atoms with Gasteiger partial charge in [0.25, 0.3) is 0 Å². The Hall–Kier alpha value is -1.75. The van der Waals surface area contributed by atoms with E-state index in [-0.39, 0.29) is 6.04 Å². The van der Waals surface area contributed by atoms with Crippen LogP contribution < -0.4 is 15.4 Å². The summed E-state index contributed by atoms with van der Waals surface area (Å²) in [6.45, 7) is 6.00. The highest BCUT2D eigenvalue weighted by molar-refractivity contribution is 5.79. The van der Waals surface area contributed by atoms with Crippen molar-refractivity contribution in [3.8, 4) is 5.75 Å². The van der Waals surface area contributed by atoms with E-state index < -0.39 is 0 Å². The maximum atomic E-state index is 5.66. The topological polar surface area (TPSA) is 54.9 Å². The van der Waals surface area contributed by atoms with Crippen LogP contribution in [-0.2, 0) is 4.74 Å². The molecular formula is C15H25N3O2. The summed E-state index contributed by atoms with van der Waals surface area (Å²) in [5.41, 5.74) is 1.20. The van der Waals surface area contributed by atoms with E-state index >= 15 is 0 Å². The quantitative estimate of drug-likeness (QED) is 0.452. The van der Waals surface area contributed by atoms with Crippen LogP contribution in [0, 0.1) is 6.92 Å². The van der Waals surface area contributed by atoms with Gasteiger partial charge in [-0.25, -0.2) is 0 Å². The first kappa shape index (κ1) is 16.3. The molecule has 0 radical (unpaired) electrons. The standard InChI is InChI=1S/C15H25N3O2/c1-12-6-5-7-14(10-12)20-9-8-17-15(16-3)18-13(2)11-19-4/h5-7,10,13H,8-9,11H2,1-4H3,(H2,16,17,18). The molecule has 0 aromatic heterocycles. The van der Waals surface area contributed by atoms with Crippen LogP contribution >= 0.6 is 0 Å². The molecule has 1 rings (SSSR count). The molecule has 0 aliphatic rings. The molecule has 112 valence electrons. The molecule has 5 nitrogen and oxygen atoms in total. The monoisotopic (exact) mass is 279 g/mol. The summed E-state index contributed by atoms with van der Waals surface area (Å²) in [6.07, 6.45) is 0. The molecule has 1 aromatic rings. The minimum Gasteiger partial charge on any atom is -0.492 e. The van der Waals surface area contributed by atoms with Crippen LogP contribution in [0.5, 0.6) is 5.75 Å². The van der Waals surface area contributed by atoms with Gasteiger partial charge in [-0.05, 0) is 31.5 Å². The Labute approximate surface area is 121 Å². The minimum atomic E-state index is 0.212. The summed E-state index contributed by atoms with van der Waals surface area (Å²) in [5.74, 6) is 1.64. The van der Waals surface area contributed by atoms with Crippen molar-refractivity contribution in [2.24, 2.45) is 4.99 Å². The van der Waals surface area contributed by atoms with Gasteiger partial charge in [-0.2, -0.15) is 0 Å². The van der Waals surface area contributed by atoms with Crippen LogP contribution in [0.25, 0.3) is 0 Å². The fraction of sp³-hybridized carbons (Fsp3) is 0.533. The highest BCUT2D eigenvalue weighted by Crippen LogP contribution is 2.11. The number of aryl methyl sites for hydroxylation is 1. The summed E-state index contributed by atoms with van der Waals surface area (Å²) >= 11 is 0. The average molecular weight is 279 g/mol. The lowest BCUT2D eigenvalue weighted by atomic mass is 10.2. The van der Waals surface area contributed by atoms with E-state index in [2.05, 4.69) is 15.6 Å². The highest BCUT2D eigenvalue weighted by atomic mass is 16.5. The molecule has 0 spiro atoms. The normalized spacial score (nSPS) is 12.9. The molecule has 0 heterocycles. The van der Waals surface area contributed by atoms with Crippen molar-refractivity contribution in [3.63, 3.8) is 0 Å². The van der Waals surface area contributed by atoms with Crippen molar-refractivity contribution < 1.29 is 9.47 Å². The van der Waals surface area contributed by atoms with Gasteiger partial charge in [0.15, 0.2) is 5.96 Å². The van der Waals surface area contributed by atoms with Gasteiger partial charge in [0.1, 0.15) is 12.4 Å². The molecule has 0 aliphatic heterocycles. The fourth-order valence-electron chi connectivity index (χ4n) is 1.76. The molecule has 2 N–H and O–H groups in total. The van der Waals surface area contributed by atoms with Gasteiger partial charge in [0, 0.05) is 20.2 Å². The zero-order chi connectivity index (χ0) is 14.8. The lowest BCUT2D eigenvalue weighted by Gasteiger charge is -2.17. The van der Waals surface area contributed by atoms with Gasteiger partial charge in [-0.3, -0.25) is 4.99 Å². The highest BCUT2D eigenvalue weighted by Gasteiger charge is 2.03. The van der Waals surface area contributed by atoms with Gasteiger partial charge >= 0.3 is 0 Å². The second kappa shape index (κ2) is 9.20. The first-order valence-electron chi connectivity index (χ1n) is 6.81. The summed E-state index contributed by atoms with van der Waals surface area (Å²) < 4.78 is 10.7. The van der Waals surface area contributed by atoms with Crippen LogP contribution in [0.4, 0.5) is 0 Å². The van der Waals surface area contributed by atoms with E-state index in [9.17, 15) is 0 Å². The molecule has 0 saturated heterocycles. The molecule has 0 aliphatic carbocycles. The lowest BCUT2D eigenvalue weighted by Crippen LogP contribution is -2.45. The summed E-state index contributed by atoms with van der Waals surface area (Å²) in [7, 11) is 3.43. The summed E-state index contributed by atoms with van der Waals surface area (Å²) in [5, 5.41) is 6.44. The second-order valence-corrected chi connectivity index (χ2v) is 4.66. The molecule has 1 aromatic carbocycles. The van der Waals surface area contributed by atoms with Crippen molar-refractivity contribution in [2.75, 3.05) is 33.9 Å². The molecule has 1 atom stereocenters. The Bertz CT molecular complexity index is 421. The second-order valence-electron chi connectivity index (χ2n) is 4.66. The third kappa shape index (κ3) is 6.43. The van der Waals surface area contributed by atoms with Crippen molar-refractivity contribution in [2.45, 2.75) is 19.9 Å². The van der Waals surface area contributed by atoms with Crippen molar-refractivity contribution in [3.05, 3.63) is 29.8 Å². The number of rotatable bonds is 7. The Morgan fingerprint density at radius 2 is 2.20 bits per heavy atom. The van der Waals surface area contributed by atoms with Crippen molar-refractivity contribution in [1.82, 2.24) is 10.6 Å². The van der Waals surface area contributed by atoms with Gasteiger partial charge in [-0.1, -0.05) is 12.1 Å². The fourth-order valence-corrected chi connectivity index (χ4v) is 1.76. The largest absolute Gasteiger partial charge is 0.492 e. The molecule has 20 heavy (non-hydrogen) atoms. The Morgan fingerprint density at radius 1 is 1.40 bits per heavy atom. The van der Waals surface area contributed by atoms with Crippen molar-refractivity contribution in [1.29, 1.82) is 0 Å². The summed E-state index contributed by atoms with van der Waals surface area (Å²) in [4.78, 5) is 4.15. The maximum absolute atomic E-state index is 5.66. The molecular weight excluding hydrogens is 254 g/mol. The molecule has 0 fully saturated rings. The third-order valence-corrected chi connectivity index (χ3v) is 2.68. The van der Waals surface area contributed by atoms with E-state index in [0.717, 1.165) is 11.7 Å². The van der Waals surface area contributed by atoms with Crippen LogP contribution in [-0.4, -0.2) is 45.9 Å². The number of hydrogen-bond acceptors (Lipinski definition) is 3. The van der Waals surface area contributed by atoms with Crippen molar-refractivity contribution >= 4 is 5.96 Å². The Kier molecular flexibility index (Phi) is 7.50. The first-order valence-corrected chi connectivity index (χ1v) is 6.81. The van der Waals surface area contributed by atoms with E-state index in [1.807, 2.05) is 38.1 Å². The van der Waals surface area contributed by atoms with Gasteiger partial charge < -0.3 is 20.1 Å². The van der Waals surface area contributed by atoms with Gasteiger partial charge in [-0.15, -0.1) is 0 Å². The minimum absolute atomic E-state index is 0.212. The maximum Gasteiger partial charge on any atom is 0.191 e. The number of benzene rings is 1. The lowest BCUT2D eigenvalue weighted by molar-refractivity contribution is 0.179. The zero-order valence-corrected chi connectivity index (χ0v) is 12.8. The number of aliphatic imine (C=N–C) groups is 1. The number of methoxy groups -OCH3 is 1. The van der Waals surface area contributed by atoms with E-state index in [0.29, 0.717) is 19.8 Å². The molecule has 1 unspecified atom stereocenters. The Balaban J connectivity index is 2.25. The molecule has 0 saturated carbocycles. The average Bonchev–Trinajstić information content (AvgIpc) is 2.42. The smallest absolute Gasteiger partial charge is 0.191 e. The Morgan fingerprint density at radius 3 is 2.85 bits per heavy atom. The predicted octanol–water partition coefficient (Wildman–Crippen LogP) is 1.57. The first-order chi connectivity index (χ1) is 9.65. The predicted molar refractivity (Wildman–Crippen MR) is 82.5 cm³/mol. The number of guanidine groups is 1. The third-order valence-electron chi connectivity index (χ3n) is 2.68. The molecule has 0 bridgehead atoms. The number of hydrogen-bond donors (Lipinski definition) is 2. The number of ether oxygens (including phenoxy) is 2. The SMILES string of the molecule is CN=C(NCCOc1cccc(C)c1)NC(C)COC. The number of nitrogens with zero attached hydrogens (tertiary/aromatic N) is 1. The van der Waals surface area contributed by atoms with Crippen LogP contribution in [0.1, 0.15) is 12.5 Å². The molecule has 0 amide bonds.